The van der Waals surface area contributed by atoms with Crippen LogP contribution in [0.15, 0.2) is 64.1 Å². The molecule has 2 N–H and O–H groups in total. The molecular formula is C19H12ClN3O6. The van der Waals surface area contributed by atoms with Crippen molar-refractivity contribution in [2.45, 2.75) is 0 Å². The molecule has 10 heteroatoms. The summed E-state index contributed by atoms with van der Waals surface area (Å²) in [5, 5.41) is 23.9. The molecule has 3 rings (SSSR count). The highest BCUT2D eigenvalue weighted by atomic mass is 35.5. The number of nitrogens with zero attached hydrogens (tertiary/aromatic N) is 2. The van der Waals surface area contributed by atoms with Crippen LogP contribution < -0.4 is 5.43 Å². The van der Waals surface area contributed by atoms with Crippen molar-refractivity contribution in [2.75, 3.05) is 0 Å². The predicted octanol–water partition coefficient (Wildman–Crippen LogP) is 3.97. The minimum atomic E-state index is -1.10. The quantitative estimate of drug-likeness (QED) is 0.356. The highest BCUT2D eigenvalue weighted by Gasteiger charge is 2.13. The van der Waals surface area contributed by atoms with Crippen LogP contribution in [0.5, 0.6) is 0 Å². The number of amides is 1. The lowest BCUT2D eigenvalue weighted by atomic mass is 10.1. The number of carboxylic acid groups (broad SMARTS) is 1. The molecule has 0 bridgehead atoms. The maximum atomic E-state index is 12.0. The Bertz CT molecular complexity index is 1140. The highest BCUT2D eigenvalue weighted by Crippen LogP contribution is 2.30. The monoisotopic (exact) mass is 413 g/mol. The van der Waals surface area contributed by atoms with Crippen molar-refractivity contribution in [2.24, 2.45) is 5.10 Å². The lowest BCUT2D eigenvalue weighted by Gasteiger charge is -2.02. The Hall–Kier alpha value is -3.98. The number of nitro benzene ring substituents is 1. The number of nitrogens with one attached hydrogen (secondary N) is 1. The molecule has 146 valence electrons. The first-order valence-electron chi connectivity index (χ1n) is 8.06. The van der Waals surface area contributed by atoms with Crippen LogP contribution in [0, 0.1) is 10.1 Å². The Morgan fingerprint density at radius 1 is 1.14 bits per heavy atom. The summed E-state index contributed by atoms with van der Waals surface area (Å²) < 4.78 is 5.56. The SMILES string of the molecule is O=C(O)c1ccc(Cl)c(-c2ccc(/C=N\NC(=O)c3cccc([N+](=O)[O-])c3)o2)c1. The average Bonchev–Trinajstić information content (AvgIpc) is 3.16. The number of carbonyl (C=O) groups excluding carboxylic acids is 1. The van der Waals surface area contributed by atoms with Crippen molar-refractivity contribution in [3.8, 4) is 11.3 Å². The third kappa shape index (κ3) is 4.66. The maximum absolute atomic E-state index is 12.0. The zero-order valence-corrected chi connectivity index (χ0v) is 15.3. The van der Waals surface area contributed by atoms with E-state index in [-0.39, 0.29) is 22.6 Å². The van der Waals surface area contributed by atoms with E-state index in [0.29, 0.717) is 16.3 Å². The number of carbonyl (C=O) groups is 2. The molecule has 3 aromatic rings. The molecule has 2 aromatic carbocycles. The van der Waals surface area contributed by atoms with Gasteiger partial charge in [-0.15, -0.1) is 0 Å². The number of benzene rings is 2. The van der Waals surface area contributed by atoms with Crippen LogP contribution in [-0.4, -0.2) is 28.1 Å². The largest absolute Gasteiger partial charge is 0.478 e. The van der Waals surface area contributed by atoms with Crippen molar-refractivity contribution < 1.29 is 24.0 Å². The van der Waals surface area contributed by atoms with E-state index in [2.05, 4.69) is 10.5 Å². The molecule has 0 aliphatic heterocycles. The minimum absolute atomic E-state index is 0.0558. The Kier molecular flexibility index (Phi) is 5.70. The van der Waals surface area contributed by atoms with Gasteiger partial charge >= 0.3 is 5.97 Å². The van der Waals surface area contributed by atoms with Crippen molar-refractivity contribution in [1.29, 1.82) is 0 Å². The van der Waals surface area contributed by atoms with Crippen LogP contribution in [-0.2, 0) is 0 Å². The number of non-ortho nitro benzene ring substituents is 1. The number of aromatic carboxylic acids is 1. The first-order chi connectivity index (χ1) is 13.8. The zero-order valence-electron chi connectivity index (χ0n) is 14.5. The Balaban J connectivity index is 1.72. The summed E-state index contributed by atoms with van der Waals surface area (Å²) in [6.45, 7) is 0. The minimum Gasteiger partial charge on any atom is -0.478 e. The van der Waals surface area contributed by atoms with Gasteiger partial charge in [0.25, 0.3) is 11.6 Å². The van der Waals surface area contributed by atoms with E-state index in [1.807, 2.05) is 0 Å². The van der Waals surface area contributed by atoms with Gasteiger partial charge < -0.3 is 9.52 Å². The number of halogens is 1. The molecule has 0 spiro atoms. The van der Waals surface area contributed by atoms with Gasteiger partial charge in [-0.1, -0.05) is 17.7 Å². The molecule has 0 saturated carbocycles. The van der Waals surface area contributed by atoms with Crippen molar-refractivity contribution >= 4 is 35.4 Å². The van der Waals surface area contributed by atoms with Crippen molar-refractivity contribution in [3.63, 3.8) is 0 Å². The fourth-order valence-electron chi connectivity index (χ4n) is 2.39. The average molecular weight is 414 g/mol. The van der Waals surface area contributed by atoms with Crippen LogP contribution in [0.2, 0.25) is 5.02 Å². The molecule has 0 atom stereocenters. The summed E-state index contributed by atoms with van der Waals surface area (Å²) >= 11 is 6.10. The first-order valence-corrected chi connectivity index (χ1v) is 8.44. The second-order valence-electron chi connectivity index (χ2n) is 5.71. The molecule has 0 aliphatic rings. The van der Waals surface area contributed by atoms with Crippen molar-refractivity contribution in [3.05, 3.63) is 86.6 Å². The lowest BCUT2D eigenvalue weighted by Crippen LogP contribution is -2.17. The third-order valence-corrected chi connectivity index (χ3v) is 4.11. The maximum Gasteiger partial charge on any atom is 0.335 e. The van der Waals surface area contributed by atoms with Crippen molar-refractivity contribution in [1.82, 2.24) is 5.43 Å². The fourth-order valence-corrected chi connectivity index (χ4v) is 2.60. The zero-order chi connectivity index (χ0) is 21.0. The summed E-state index contributed by atoms with van der Waals surface area (Å²) in [6.07, 6.45) is 1.23. The van der Waals surface area contributed by atoms with Crippen LogP contribution >= 0.6 is 11.6 Å². The number of nitro groups is 1. The van der Waals surface area contributed by atoms with E-state index in [1.165, 1.54) is 42.6 Å². The van der Waals surface area contributed by atoms with Gasteiger partial charge in [-0.25, -0.2) is 10.2 Å². The molecule has 1 aromatic heterocycles. The van der Waals surface area contributed by atoms with E-state index in [0.717, 1.165) is 6.07 Å². The Labute approximate surface area is 168 Å². The standard InChI is InChI=1S/C19H12ClN3O6/c20-16-6-4-12(19(25)26)9-15(16)17-7-5-14(29-17)10-21-22-18(24)11-2-1-3-13(8-11)23(27)28/h1-10H,(H,22,24)(H,25,26)/b21-10-. The van der Waals surface area contributed by atoms with Gasteiger partial charge in [-0.3, -0.25) is 14.9 Å². The van der Waals surface area contributed by atoms with Gasteiger partial charge in [-0.2, -0.15) is 5.10 Å². The Morgan fingerprint density at radius 3 is 2.66 bits per heavy atom. The summed E-state index contributed by atoms with van der Waals surface area (Å²) in [7, 11) is 0. The normalized spacial score (nSPS) is 10.8. The smallest absolute Gasteiger partial charge is 0.335 e. The predicted molar refractivity (Wildman–Crippen MR) is 104 cm³/mol. The summed E-state index contributed by atoms with van der Waals surface area (Å²) in [6, 6.07) is 12.6. The highest BCUT2D eigenvalue weighted by molar-refractivity contribution is 6.33. The van der Waals surface area contributed by atoms with Gasteiger partial charge in [0.05, 0.1) is 21.7 Å². The fraction of sp³-hybridized carbons (Fsp3) is 0. The number of hydrogen-bond donors (Lipinski definition) is 2. The topological polar surface area (TPSA) is 135 Å². The second-order valence-corrected chi connectivity index (χ2v) is 6.12. The van der Waals surface area contributed by atoms with E-state index < -0.39 is 16.8 Å². The van der Waals surface area contributed by atoms with Gasteiger partial charge in [0, 0.05) is 23.3 Å². The first kappa shape index (κ1) is 19.8. The number of hydrazone groups is 1. The molecule has 1 amide bonds. The third-order valence-electron chi connectivity index (χ3n) is 3.78. The number of hydrogen-bond acceptors (Lipinski definition) is 6. The van der Waals surface area contributed by atoms with Gasteiger partial charge in [0.2, 0.25) is 0 Å². The van der Waals surface area contributed by atoms with E-state index >= 15 is 0 Å². The van der Waals surface area contributed by atoms with Gasteiger partial charge in [0.1, 0.15) is 11.5 Å². The molecular weight excluding hydrogens is 402 g/mol. The van der Waals surface area contributed by atoms with Crippen LogP contribution in [0.3, 0.4) is 0 Å². The summed E-state index contributed by atoms with van der Waals surface area (Å²) in [5.74, 6) is -1.13. The number of carboxylic acids is 1. The van der Waals surface area contributed by atoms with E-state index in [4.69, 9.17) is 21.1 Å². The number of rotatable bonds is 6. The summed E-state index contributed by atoms with van der Waals surface area (Å²) in [5.41, 5.74) is 2.56. The van der Waals surface area contributed by atoms with E-state index in [1.54, 1.807) is 12.1 Å². The number of furan rings is 1. The molecule has 9 nitrogen and oxygen atoms in total. The molecule has 0 radical (unpaired) electrons. The van der Waals surface area contributed by atoms with Gasteiger partial charge in [0.15, 0.2) is 0 Å². The molecule has 0 aliphatic carbocycles. The van der Waals surface area contributed by atoms with Crippen LogP contribution in [0.25, 0.3) is 11.3 Å². The molecule has 29 heavy (non-hydrogen) atoms. The molecule has 1 heterocycles. The van der Waals surface area contributed by atoms with Gasteiger partial charge in [-0.05, 0) is 36.4 Å². The Morgan fingerprint density at radius 2 is 1.93 bits per heavy atom. The van der Waals surface area contributed by atoms with E-state index in [9.17, 15) is 19.7 Å². The molecule has 0 saturated heterocycles. The summed E-state index contributed by atoms with van der Waals surface area (Å²) in [4.78, 5) is 33.3. The molecule has 0 unspecified atom stereocenters. The molecule has 0 fully saturated rings. The van der Waals surface area contributed by atoms with Crippen LogP contribution in [0.4, 0.5) is 5.69 Å². The van der Waals surface area contributed by atoms with Crippen LogP contribution in [0.1, 0.15) is 26.5 Å². The second kappa shape index (κ2) is 8.36. The lowest BCUT2D eigenvalue weighted by molar-refractivity contribution is -0.384.